The first-order valence-corrected chi connectivity index (χ1v) is 15.9. The first kappa shape index (κ1) is 31.1. The lowest BCUT2D eigenvalue weighted by atomic mass is 9.95. The molecular weight excluding hydrogens is 550 g/mol. The molecule has 0 radical (unpaired) electrons. The van der Waals surface area contributed by atoms with Gasteiger partial charge in [-0.3, -0.25) is 13.9 Å². The third-order valence-electron chi connectivity index (χ3n) is 7.83. The second-order valence-electron chi connectivity index (χ2n) is 11.0. The Balaban J connectivity index is 1.70. The lowest BCUT2D eigenvalue weighted by Gasteiger charge is -2.33. The molecule has 1 atom stereocenters. The zero-order valence-corrected chi connectivity index (χ0v) is 25.7. The Labute approximate surface area is 249 Å². The van der Waals surface area contributed by atoms with E-state index in [1.54, 1.807) is 43.3 Å². The SMILES string of the molecule is COc1ccccc1N(CC(=O)N(Cc1ccc(C)cc1)C(C)C(=O)NC1CCCCC1)S(=O)(=O)c1ccc(C)cc1. The number of amides is 2. The van der Waals surface area contributed by atoms with Gasteiger partial charge in [-0.05, 0) is 63.4 Å². The van der Waals surface area contributed by atoms with Crippen molar-refractivity contribution in [3.63, 3.8) is 0 Å². The smallest absolute Gasteiger partial charge is 0.264 e. The van der Waals surface area contributed by atoms with Gasteiger partial charge in [0.2, 0.25) is 11.8 Å². The number of rotatable bonds is 11. The molecule has 9 heteroatoms. The first-order chi connectivity index (χ1) is 20.1. The molecule has 3 aromatic carbocycles. The Morgan fingerprint density at radius 2 is 1.50 bits per heavy atom. The molecular formula is C33H41N3O5S. The Morgan fingerprint density at radius 1 is 0.905 bits per heavy atom. The predicted octanol–water partition coefficient (Wildman–Crippen LogP) is 5.37. The lowest BCUT2D eigenvalue weighted by Crippen LogP contribution is -2.53. The quantitative estimate of drug-likeness (QED) is 0.323. The van der Waals surface area contributed by atoms with E-state index in [0.717, 1.165) is 53.1 Å². The van der Waals surface area contributed by atoms with E-state index in [9.17, 15) is 18.0 Å². The fourth-order valence-corrected chi connectivity index (χ4v) is 6.65. The van der Waals surface area contributed by atoms with Gasteiger partial charge in [0, 0.05) is 12.6 Å². The molecule has 0 saturated heterocycles. The van der Waals surface area contributed by atoms with Gasteiger partial charge in [0.25, 0.3) is 10.0 Å². The number of hydrogen-bond donors (Lipinski definition) is 1. The highest BCUT2D eigenvalue weighted by molar-refractivity contribution is 7.92. The van der Waals surface area contributed by atoms with Crippen molar-refractivity contribution in [1.82, 2.24) is 10.2 Å². The first-order valence-electron chi connectivity index (χ1n) is 14.5. The summed E-state index contributed by atoms with van der Waals surface area (Å²) in [5.74, 6) is -0.426. The number of anilines is 1. The Bertz CT molecular complexity index is 1470. The van der Waals surface area contributed by atoms with E-state index in [1.807, 2.05) is 38.1 Å². The molecule has 0 spiro atoms. The largest absolute Gasteiger partial charge is 0.495 e. The number of methoxy groups -OCH3 is 1. The molecule has 1 unspecified atom stereocenters. The molecule has 42 heavy (non-hydrogen) atoms. The van der Waals surface area contributed by atoms with Gasteiger partial charge in [0.1, 0.15) is 18.3 Å². The molecule has 1 N–H and O–H groups in total. The van der Waals surface area contributed by atoms with Crippen molar-refractivity contribution < 1.29 is 22.7 Å². The van der Waals surface area contributed by atoms with Crippen molar-refractivity contribution in [2.45, 2.75) is 76.4 Å². The minimum atomic E-state index is -4.17. The molecule has 0 heterocycles. The van der Waals surface area contributed by atoms with Crippen LogP contribution in [0.5, 0.6) is 5.75 Å². The van der Waals surface area contributed by atoms with Gasteiger partial charge in [0.15, 0.2) is 0 Å². The van der Waals surface area contributed by atoms with Crippen LogP contribution in [0.4, 0.5) is 5.69 Å². The number of ether oxygens (including phenoxy) is 1. The third-order valence-corrected chi connectivity index (χ3v) is 9.61. The van der Waals surface area contributed by atoms with Crippen LogP contribution in [0.1, 0.15) is 55.7 Å². The number of benzene rings is 3. The summed E-state index contributed by atoms with van der Waals surface area (Å²) in [5, 5.41) is 3.13. The monoisotopic (exact) mass is 591 g/mol. The van der Waals surface area contributed by atoms with Crippen LogP contribution >= 0.6 is 0 Å². The molecule has 8 nitrogen and oxygen atoms in total. The number of hydrogen-bond acceptors (Lipinski definition) is 5. The maximum Gasteiger partial charge on any atom is 0.264 e. The van der Waals surface area contributed by atoms with E-state index in [1.165, 1.54) is 24.1 Å². The number of carbonyl (C=O) groups is 2. The van der Waals surface area contributed by atoms with Crippen LogP contribution in [0.2, 0.25) is 0 Å². The van der Waals surface area contributed by atoms with Crippen LogP contribution in [-0.4, -0.2) is 50.9 Å². The maximum atomic E-state index is 14.2. The van der Waals surface area contributed by atoms with Crippen molar-refractivity contribution in [2.24, 2.45) is 0 Å². The minimum Gasteiger partial charge on any atom is -0.495 e. The van der Waals surface area contributed by atoms with E-state index in [4.69, 9.17) is 4.74 Å². The summed E-state index contributed by atoms with van der Waals surface area (Å²) >= 11 is 0. The molecule has 3 aromatic rings. The summed E-state index contributed by atoms with van der Waals surface area (Å²) < 4.78 is 34.7. The van der Waals surface area contributed by atoms with Crippen LogP contribution in [0.15, 0.2) is 77.7 Å². The second-order valence-corrected chi connectivity index (χ2v) is 12.9. The van der Waals surface area contributed by atoms with E-state index in [2.05, 4.69) is 5.32 Å². The molecule has 0 aromatic heterocycles. The van der Waals surface area contributed by atoms with E-state index < -0.39 is 28.5 Å². The van der Waals surface area contributed by atoms with Crippen LogP contribution in [0.3, 0.4) is 0 Å². The fourth-order valence-electron chi connectivity index (χ4n) is 5.23. The molecule has 0 bridgehead atoms. The van der Waals surface area contributed by atoms with E-state index >= 15 is 0 Å². The van der Waals surface area contributed by atoms with Crippen LogP contribution in [-0.2, 0) is 26.2 Å². The highest BCUT2D eigenvalue weighted by Gasteiger charge is 2.34. The highest BCUT2D eigenvalue weighted by atomic mass is 32.2. The van der Waals surface area contributed by atoms with Crippen LogP contribution in [0.25, 0.3) is 0 Å². The van der Waals surface area contributed by atoms with E-state index in [-0.39, 0.29) is 29.1 Å². The van der Waals surface area contributed by atoms with Gasteiger partial charge in [-0.25, -0.2) is 8.42 Å². The maximum absolute atomic E-state index is 14.2. The predicted molar refractivity (Wildman–Crippen MR) is 165 cm³/mol. The topological polar surface area (TPSA) is 96.0 Å². The number of carbonyl (C=O) groups excluding carboxylic acids is 2. The van der Waals surface area contributed by atoms with Crippen LogP contribution in [0, 0.1) is 13.8 Å². The third kappa shape index (κ3) is 7.50. The van der Waals surface area contributed by atoms with Crippen molar-refractivity contribution >= 4 is 27.5 Å². The summed E-state index contributed by atoms with van der Waals surface area (Å²) in [6, 6.07) is 20.2. The van der Waals surface area contributed by atoms with Crippen molar-refractivity contribution in [3.8, 4) is 5.75 Å². The molecule has 1 saturated carbocycles. The summed E-state index contributed by atoms with van der Waals surface area (Å²) in [4.78, 5) is 29.1. The summed E-state index contributed by atoms with van der Waals surface area (Å²) in [5.41, 5.74) is 3.07. The zero-order valence-electron chi connectivity index (χ0n) is 24.9. The number of nitrogens with one attached hydrogen (secondary N) is 1. The average Bonchev–Trinajstić information content (AvgIpc) is 2.99. The summed E-state index contributed by atoms with van der Waals surface area (Å²) in [6.45, 7) is 5.20. The standard InChI is InChI=1S/C33H41N3O5S/c1-24-14-18-27(19-15-24)22-35(26(3)33(38)34-28-10-6-5-7-11-28)32(37)23-36(30-12-8-9-13-31(30)41-4)42(39,40)29-20-16-25(2)17-21-29/h8-9,12-21,26,28H,5-7,10-11,22-23H2,1-4H3,(H,34,38). The average molecular weight is 592 g/mol. The normalized spacial score (nSPS) is 14.6. The van der Waals surface area contributed by atoms with Gasteiger partial charge in [-0.2, -0.15) is 0 Å². The second kappa shape index (κ2) is 13.9. The zero-order chi connectivity index (χ0) is 30.3. The van der Waals surface area contributed by atoms with Crippen molar-refractivity contribution in [3.05, 3.63) is 89.5 Å². The fraction of sp³-hybridized carbons (Fsp3) is 0.394. The number of nitrogens with zero attached hydrogens (tertiary/aromatic N) is 2. The Kier molecular flexibility index (Phi) is 10.3. The number of sulfonamides is 1. The Morgan fingerprint density at radius 3 is 2.12 bits per heavy atom. The minimum absolute atomic E-state index is 0.0555. The summed E-state index contributed by atoms with van der Waals surface area (Å²) in [6.07, 6.45) is 5.13. The van der Waals surface area contributed by atoms with Gasteiger partial charge >= 0.3 is 0 Å². The van der Waals surface area contributed by atoms with E-state index in [0.29, 0.717) is 5.75 Å². The highest BCUT2D eigenvalue weighted by Crippen LogP contribution is 2.32. The van der Waals surface area contributed by atoms with Gasteiger partial charge in [-0.15, -0.1) is 0 Å². The van der Waals surface area contributed by atoms with Gasteiger partial charge < -0.3 is 15.0 Å². The molecule has 224 valence electrons. The Hall–Kier alpha value is -3.85. The molecule has 2 amide bonds. The number of aryl methyl sites for hydroxylation is 2. The molecule has 4 rings (SSSR count). The molecule has 1 aliphatic rings. The molecule has 1 aliphatic carbocycles. The van der Waals surface area contributed by atoms with Crippen molar-refractivity contribution in [2.75, 3.05) is 18.0 Å². The molecule has 1 fully saturated rings. The van der Waals surface area contributed by atoms with Crippen LogP contribution < -0.4 is 14.4 Å². The lowest BCUT2D eigenvalue weighted by molar-refractivity contribution is -0.139. The summed E-state index contributed by atoms with van der Waals surface area (Å²) in [7, 11) is -2.72. The molecule has 0 aliphatic heterocycles. The van der Waals surface area contributed by atoms with Crippen molar-refractivity contribution in [1.29, 1.82) is 0 Å². The number of para-hydroxylation sites is 2. The van der Waals surface area contributed by atoms with Gasteiger partial charge in [0.05, 0.1) is 17.7 Å². The van der Waals surface area contributed by atoms with Gasteiger partial charge in [-0.1, -0.05) is 78.9 Å².